The van der Waals surface area contributed by atoms with Crippen molar-refractivity contribution in [3.05, 3.63) is 70.5 Å². The summed E-state index contributed by atoms with van der Waals surface area (Å²) in [5.41, 5.74) is 0.516. The van der Waals surface area contributed by atoms with Crippen LogP contribution in [0.4, 0.5) is 14.9 Å². The second-order valence-electron chi connectivity index (χ2n) is 7.16. The minimum absolute atomic E-state index is 0.0933. The molecule has 0 unspecified atom stereocenters. The lowest BCUT2D eigenvalue weighted by molar-refractivity contribution is 0.158. The Hall–Kier alpha value is -3.26. The van der Waals surface area contributed by atoms with E-state index in [1.54, 1.807) is 46.9 Å². The highest BCUT2D eigenvalue weighted by Crippen LogP contribution is 2.22. The summed E-state index contributed by atoms with van der Waals surface area (Å²) in [6.45, 7) is 4.90. The third kappa shape index (κ3) is 4.91. The normalized spacial score (nSPS) is 12.0. The number of ether oxygens (including phenoxy) is 1. The van der Waals surface area contributed by atoms with Crippen LogP contribution in [-0.4, -0.2) is 40.7 Å². The molecule has 164 valence electrons. The van der Waals surface area contributed by atoms with Gasteiger partial charge >= 0.3 is 6.03 Å². The molecule has 1 atom stereocenters. The molecular weight excluding hydrogens is 399 g/mol. The number of benzene rings is 2. The number of hydrogen-bond donors (Lipinski definition) is 1. The van der Waals surface area contributed by atoms with Crippen LogP contribution in [0.2, 0.25) is 0 Å². The molecular formula is C23H27FN4O3. The number of methoxy groups -OCH3 is 1. The Morgan fingerprint density at radius 2 is 1.94 bits per heavy atom. The first-order valence-electron chi connectivity index (χ1n) is 10.3. The van der Waals surface area contributed by atoms with E-state index in [4.69, 9.17) is 9.72 Å². The smallest absolute Gasteiger partial charge is 0.322 e. The number of amides is 2. The van der Waals surface area contributed by atoms with Gasteiger partial charge in [-0.2, -0.15) is 0 Å². The number of halogens is 1. The Morgan fingerprint density at radius 3 is 2.65 bits per heavy atom. The molecule has 0 spiro atoms. The van der Waals surface area contributed by atoms with Gasteiger partial charge in [0.2, 0.25) is 0 Å². The van der Waals surface area contributed by atoms with Gasteiger partial charge in [-0.05, 0) is 44.5 Å². The van der Waals surface area contributed by atoms with Crippen molar-refractivity contribution < 1.29 is 13.9 Å². The number of nitrogens with zero attached hydrogens (tertiary/aromatic N) is 3. The number of nitrogens with one attached hydrogen (secondary N) is 1. The zero-order valence-electron chi connectivity index (χ0n) is 18.0. The minimum Gasteiger partial charge on any atom is -0.385 e. The van der Waals surface area contributed by atoms with E-state index in [1.165, 1.54) is 12.1 Å². The summed E-state index contributed by atoms with van der Waals surface area (Å²) in [7, 11) is 1.59. The SMILES string of the molecule is CCn1c([C@@H](C)N(CCCOC)C(=O)Nc2ccccc2F)nc2ccccc2c1=O. The van der Waals surface area contributed by atoms with Crippen LogP contribution in [0, 0.1) is 5.82 Å². The number of anilines is 1. The Morgan fingerprint density at radius 1 is 1.23 bits per heavy atom. The van der Waals surface area contributed by atoms with Gasteiger partial charge in [0.15, 0.2) is 0 Å². The van der Waals surface area contributed by atoms with Gasteiger partial charge in [0.25, 0.3) is 5.56 Å². The highest BCUT2D eigenvalue weighted by molar-refractivity contribution is 5.89. The number of carbonyl (C=O) groups is 1. The molecule has 0 aliphatic heterocycles. The fourth-order valence-corrected chi connectivity index (χ4v) is 3.55. The van der Waals surface area contributed by atoms with Gasteiger partial charge < -0.3 is 15.0 Å². The van der Waals surface area contributed by atoms with Gasteiger partial charge in [0.1, 0.15) is 11.6 Å². The predicted octanol–water partition coefficient (Wildman–Crippen LogP) is 4.19. The van der Waals surface area contributed by atoms with E-state index in [0.29, 0.717) is 42.8 Å². The topological polar surface area (TPSA) is 76.5 Å². The Balaban J connectivity index is 1.99. The molecule has 1 N–H and O–H groups in total. The second kappa shape index (κ2) is 10.2. The van der Waals surface area contributed by atoms with Crippen LogP contribution in [0.25, 0.3) is 10.9 Å². The van der Waals surface area contributed by atoms with Crippen LogP contribution < -0.4 is 10.9 Å². The van der Waals surface area contributed by atoms with Gasteiger partial charge in [-0.1, -0.05) is 24.3 Å². The lowest BCUT2D eigenvalue weighted by atomic mass is 10.2. The van der Waals surface area contributed by atoms with Crippen LogP contribution in [0.1, 0.15) is 32.1 Å². The summed E-state index contributed by atoms with van der Waals surface area (Å²) in [6.07, 6.45) is 0.579. The molecule has 0 bridgehead atoms. The highest BCUT2D eigenvalue weighted by atomic mass is 19.1. The molecule has 0 saturated heterocycles. The fraction of sp³-hybridized carbons (Fsp3) is 0.348. The van der Waals surface area contributed by atoms with Crippen LogP contribution in [-0.2, 0) is 11.3 Å². The summed E-state index contributed by atoms with van der Waals surface area (Å²) in [5.74, 6) is -0.0399. The van der Waals surface area contributed by atoms with E-state index in [9.17, 15) is 14.0 Å². The molecule has 1 aromatic heterocycles. The van der Waals surface area contributed by atoms with E-state index in [2.05, 4.69) is 5.32 Å². The standard InChI is InChI=1S/C23H27FN4O3/c1-4-27-21(25-19-12-7-5-10-17(19)22(27)29)16(2)28(14-9-15-31-3)23(30)26-20-13-8-6-11-18(20)24/h5-8,10-13,16H,4,9,14-15H2,1-3H3,(H,26,30)/t16-/m1/s1. The molecule has 7 nitrogen and oxygen atoms in total. The van der Waals surface area contributed by atoms with Gasteiger partial charge in [-0.3, -0.25) is 9.36 Å². The van der Waals surface area contributed by atoms with Gasteiger partial charge in [0, 0.05) is 26.8 Å². The lowest BCUT2D eigenvalue weighted by Gasteiger charge is -2.30. The molecule has 0 aliphatic carbocycles. The van der Waals surface area contributed by atoms with E-state index in [0.717, 1.165) is 0 Å². The number of fused-ring (bicyclic) bond motifs is 1. The Labute approximate surface area is 180 Å². The van der Waals surface area contributed by atoms with E-state index < -0.39 is 17.9 Å². The first-order chi connectivity index (χ1) is 15.0. The number of aromatic nitrogens is 2. The zero-order chi connectivity index (χ0) is 22.4. The maximum Gasteiger partial charge on any atom is 0.322 e. The first kappa shape index (κ1) is 22.4. The van der Waals surface area contributed by atoms with Crippen molar-refractivity contribution in [3.8, 4) is 0 Å². The Kier molecular flexibility index (Phi) is 7.36. The Bertz CT molecular complexity index is 1120. The van der Waals surface area contributed by atoms with Crippen molar-refractivity contribution >= 4 is 22.6 Å². The molecule has 2 amide bonds. The van der Waals surface area contributed by atoms with Crippen molar-refractivity contribution in [1.82, 2.24) is 14.5 Å². The average molecular weight is 426 g/mol. The quantitative estimate of drug-likeness (QED) is 0.548. The number of urea groups is 1. The van der Waals surface area contributed by atoms with E-state index >= 15 is 0 Å². The predicted molar refractivity (Wildman–Crippen MR) is 119 cm³/mol. The van der Waals surface area contributed by atoms with Crippen molar-refractivity contribution in [2.75, 3.05) is 25.6 Å². The number of hydrogen-bond acceptors (Lipinski definition) is 4. The average Bonchev–Trinajstić information content (AvgIpc) is 2.78. The summed E-state index contributed by atoms with van der Waals surface area (Å²) < 4.78 is 20.8. The molecule has 3 aromatic rings. The molecule has 0 radical (unpaired) electrons. The molecule has 0 aliphatic rings. The molecule has 0 fully saturated rings. The molecule has 31 heavy (non-hydrogen) atoms. The highest BCUT2D eigenvalue weighted by Gasteiger charge is 2.26. The summed E-state index contributed by atoms with van der Waals surface area (Å²) in [5, 5.41) is 3.16. The van der Waals surface area contributed by atoms with Crippen molar-refractivity contribution in [2.24, 2.45) is 0 Å². The second-order valence-corrected chi connectivity index (χ2v) is 7.16. The number of carbonyl (C=O) groups excluding carboxylic acids is 1. The molecule has 0 saturated carbocycles. The first-order valence-corrected chi connectivity index (χ1v) is 10.3. The van der Waals surface area contributed by atoms with Gasteiger partial charge in [-0.15, -0.1) is 0 Å². The molecule has 2 aromatic carbocycles. The maximum atomic E-state index is 14.1. The molecule has 8 heteroatoms. The van der Waals surface area contributed by atoms with Crippen LogP contribution in [0.5, 0.6) is 0 Å². The number of rotatable bonds is 8. The third-order valence-corrected chi connectivity index (χ3v) is 5.17. The van der Waals surface area contributed by atoms with Gasteiger partial charge in [0.05, 0.1) is 22.6 Å². The summed E-state index contributed by atoms with van der Waals surface area (Å²) >= 11 is 0. The largest absolute Gasteiger partial charge is 0.385 e. The summed E-state index contributed by atoms with van der Waals surface area (Å²) in [4.78, 5) is 32.4. The monoisotopic (exact) mass is 426 g/mol. The lowest BCUT2D eigenvalue weighted by Crippen LogP contribution is -2.41. The number of para-hydroxylation sites is 2. The minimum atomic E-state index is -0.527. The maximum absolute atomic E-state index is 14.1. The van der Waals surface area contributed by atoms with Crippen molar-refractivity contribution in [2.45, 2.75) is 32.9 Å². The fourth-order valence-electron chi connectivity index (χ4n) is 3.55. The van der Waals surface area contributed by atoms with Gasteiger partial charge in [-0.25, -0.2) is 14.2 Å². The molecule has 3 rings (SSSR count). The van der Waals surface area contributed by atoms with Crippen LogP contribution >= 0.6 is 0 Å². The summed E-state index contributed by atoms with van der Waals surface area (Å²) in [6, 6.07) is 12.1. The van der Waals surface area contributed by atoms with E-state index in [1.807, 2.05) is 19.9 Å². The third-order valence-electron chi connectivity index (χ3n) is 5.17. The van der Waals surface area contributed by atoms with Crippen LogP contribution in [0.3, 0.4) is 0 Å². The van der Waals surface area contributed by atoms with Crippen LogP contribution in [0.15, 0.2) is 53.3 Å². The van der Waals surface area contributed by atoms with E-state index in [-0.39, 0.29) is 11.2 Å². The molecule has 1 heterocycles. The zero-order valence-corrected chi connectivity index (χ0v) is 18.0. The van der Waals surface area contributed by atoms with Crippen molar-refractivity contribution in [1.29, 1.82) is 0 Å². The van der Waals surface area contributed by atoms with Crippen molar-refractivity contribution in [3.63, 3.8) is 0 Å².